The molecule has 0 radical (unpaired) electrons. The van der Waals surface area contributed by atoms with Crippen molar-refractivity contribution in [1.29, 1.82) is 0 Å². The first-order valence-electron chi connectivity index (χ1n) is 5.79. The fourth-order valence-corrected chi connectivity index (χ4v) is 2.30. The molecule has 0 fully saturated rings. The Balaban J connectivity index is 1.88. The van der Waals surface area contributed by atoms with E-state index in [9.17, 15) is 0 Å². The lowest BCUT2D eigenvalue weighted by molar-refractivity contribution is 0.298. The molecule has 16 heavy (non-hydrogen) atoms. The number of aliphatic imine (C=N–C) groups is 1. The van der Waals surface area contributed by atoms with E-state index in [4.69, 9.17) is 4.74 Å². The third-order valence-corrected chi connectivity index (χ3v) is 3.36. The number of benzene rings is 1. The van der Waals surface area contributed by atoms with Crippen LogP contribution in [0.15, 0.2) is 17.1 Å². The van der Waals surface area contributed by atoms with Gasteiger partial charge in [0.05, 0.1) is 6.54 Å². The van der Waals surface area contributed by atoms with Crippen molar-refractivity contribution in [1.82, 2.24) is 5.32 Å². The molecule has 0 spiro atoms. The van der Waals surface area contributed by atoms with Gasteiger partial charge in [0, 0.05) is 13.0 Å². The van der Waals surface area contributed by atoms with Crippen LogP contribution < -0.4 is 10.1 Å². The number of rotatable bonds is 1. The monoisotopic (exact) mass is 216 g/mol. The summed E-state index contributed by atoms with van der Waals surface area (Å²) in [5, 5.41) is 3.29. The summed E-state index contributed by atoms with van der Waals surface area (Å²) in [6.45, 7) is 6.10. The molecule has 3 rings (SSSR count). The maximum Gasteiger partial charge on any atom is 0.159 e. The smallest absolute Gasteiger partial charge is 0.159 e. The summed E-state index contributed by atoms with van der Waals surface area (Å²) in [4.78, 5) is 4.43. The molecule has 3 nitrogen and oxygen atoms in total. The molecule has 1 aromatic rings. The molecule has 0 saturated carbocycles. The fourth-order valence-electron chi connectivity index (χ4n) is 2.30. The van der Waals surface area contributed by atoms with Crippen LogP contribution in [0.25, 0.3) is 0 Å². The highest BCUT2D eigenvalue weighted by molar-refractivity contribution is 5.89. The molecular weight excluding hydrogens is 200 g/mol. The van der Waals surface area contributed by atoms with Gasteiger partial charge in [-0.05, 0) is 36.6 Å². The van der Waals surface area contributed by atoms with Crippen LogP contribution in [-0.4, -0.2) is 25.0 Å². The molecule has 1 N–H and O–H groups in total. The number of hydrogen-bond acceptors (Lipinski definition) is 3. The molecule has 84 valence electrons. The molecule has 2 aliphatic heterocycles. The van der Waals surface area contributed by atoms with E-state index in [-0.39, 0.29) is 6.10 Å². The quantitative estimate of drug-likeness (QED) is 0.773. The summed E-state index contributed by atoms with van der Waals surface area (Å²) in [5.74, 6) is 2.05. The van der Waals surface area contributed by atoms with Gasteiger partial charge in [-0.25, -0.2) is 0 Å². The summed E-state index contributed by atoms with van der Waals surface area (Å²) in [5.41, 5.74) is 3.94. The van der Waals surface area contributed by atoms with Gasteiger partial charge in [0.2, 0.25) is 0 Å². The molecule has 0 saturated heterocycles. The zero-order valence-electron chi connectivity index (χ0n) is 9.71. The first-order chi connectivity index (χ1) is 7.74. The Hall–Kier alpha value is -1.51. The van der Waals surface area contributed by atoms with Crippen LogP contribution >= 0.6 is 0 Å². The van der Waals surface area contributed by atoms with Crippen molar-refractivity contribution in [2.75, 3.05) is 13.1 Å². The second kappa shape index (κ2) is 3.51. The van der Waals surface area contributed by atoms with Crippen molar-refractivity contribution in [3.05, 3.63) is 28.8 Å². The van der Waals surface area contributed by atoms with Gasteiger partial charge in [-0.3, -0.25) is 4.99 Å². The first kappa shape index (κ1) is 9.70. The van der Waals surface area contributed by atoms with Gasteiger partial charge in [-0.1, -0.05) is 6.07 Å². The number of nitrogens with one attached hydrogen (secondary N) is 1. The summed E-state index contributed by atoms with van der Waals surface area (Å²) in [7, 11) is 0. The van der Waals surface area contributed by atoms with E-state index < -0.39 is 0 Å². The van der Waals surface area contributed by atoms with Gasteiger partial charge in [0.25, 0.3) is 0 Å². The largest absolute Gasteiger partial charge is 0.482 e. The number of aryl methyl sites for hydroxylation is 2. The van der Waals surface area contributed by atoms with Crippen molar-refractivity contribution in [2.45, 2.75) is 26.4 Å². The lowest BCUT2D eigenvalue weighted by Crippen LogP contribution is -2.34. The predicted molar refractivity (Wildman–Crippen MR) is 64.3 cm³/mol. The molecule has 0 aliphatic carbocycles. The maximum atomic E-state index is 5.93. The third kappa shape index (κ3) is 1.47. The predicted octanol–water partition coefficient (Wildman–Crippen LogP) is 1.61. The van der Waals surface area contributed by atoms with E-state index in [1.165, 1.54) is 16.7 Å². The summed E-state index contributed by atoms with van der Waals surface area (Å²) in [6, 6.07) is 4.38. The second-order valence-corrected chi connectivity index (χ2v) is 4.55. The van der Waals surface area contributed by atoms with Crippen molar-refractivity contribution in [2.24, 2.45) is 4.99 Å². The van der Waals surface area contributed by atoms with Crippen molar-refractivity contribution >= 4 is 5.84 Å². The Morgan fingerprint density at radius 2 is 2.12 bits per heavy atom. The Bertz CT molecular complexity index is 434. The molecule has 1 aromatic carbocycles. The van der Waals surface area contributed by atoms with Crippen molar-refractivity contribution < 1.29 is 4.74 Å². The normalized spacial score (nSPS) is 22.4. The van der Waals surface area contributed by atoms with Gasteiger partial charge < -0.3 is 10.1 Å². The zero-order chi connectivity index (χ0) is 11.1. The van der Waals surface area contributed by atoms with Gasteiger partial charge in [0.1, 0.15) is 11.6 Å². The van der Waals surface area contributed by atoms with E-state index in [1.54, 1.807) is 0 Å². The van der Waals surface area contributed by atoms with E-state index in [0.29, 0.717) is 0 Å². The average molecular weight is 216 g/mol. The van der Waals surface area contributed by atoms with Gasteiger partial charge >= 0.3 is 0 Å². The van der Waals surface area contributed by atoms with Crippen LogP contribution in [0.1, 0.15) is 16.7 Å². The summed E-state index contributed by atoms with van der Waals surface area (Å²) in [6.07, 6.45) is 1.06. The van der Waals surface area contributed by atoms with Crippen LogP contribution in [0.5, 0.6) is 5.75 Å². The summed E-state index contributed by atoms with van der Waals surface area (Å²) < 4.78 is 5.93. The molecule has 0 amide bonds. The third-order valence-electron chi connectivity index (χ3n) is 3.36. The van der Waals surface area contributed by atoms with Crippen molar-refractivity contribution in [3.63, 3.8) is 0 Å². The Morgan fingerprint density at radius 3 is 2.88 bits per heavy atom. The molecule has 2 heterocycles. The maximum absolute atomic E-state index is 5.93. The van der Waals surface area contributed by atoms with Gasteiger partial charge in [0.15, 0.2) is 6.10 Å². The number of fused-ring (bicyclic) bond motifs is 1. The van der Waals surface area contributed by atoms with Gasteiger partial charge in [-0.15, -0.1) is 0 Å². The Kier molecular flexibility index (Phi) is 2.13. The zero-order valence-corrected chi connectivity index (χ0v) is 9.71. The van der Waals surface area contributed by atoms with Crippen LogP contribution in [-0.2, 0) is 6.42 Å². The van der Waals surface area contributed by atoms with Crippen LogP contribution in [0.4, 0.5) is 0 Å². The number of ether oxygens (including phenoxy) is 1. The fraction of sp³-hybridized carbons (Fsp3) is 0.462. The van der Waals surface area contributed by atoms with E-state index in [0.717, 1.165) is 31.1 Å². The molecular formula is C13H16N2O. The lowest BCUT2D eigenvalue weighted by atomic mass is 10.0. The average Bonchev–Trinajstić information content (AvgIpc) is 2.86. The molecule has 2 aliphatic rings. The molecule has 0 bridgehead atoms. The number of amidine groups is 1. The Labute approximate surface area is 95.5 Å². The minimum atomic E-state index is 0.110. The van der Waals surface area contributed by atoms with Crippen LogP contribution in [0, 0.1) is 13.8 Å². The van der Waals surface area contributed by atoms with Gasteiger partial charge in [-0.2, -0.15) is 0 Å². The molecule has 1 atom stereocenters. The highest BCUT2D eigenvalue weighted by Gasteiger charge is 2.28. The SMILES string of the molecule is Cc1cc2c(cc1C)OC(C1=NCCN1)C2. The van der Waals surface area contributed by atoms with E-state index >= 15 is 0 Å². The highest BCUT2D eigenvalue weighted by Crippen LogP contribution is 2.31. The van der Waals surface area contributed by atoms with Crippen LogP contribution in [0.3, 0.4) is 0 Å². The van der Waals surface area contributed by atoms with E-state index in [2.05, 4.69) is 36.3 Å². The lowest BCUT2D eigenvalue weighted by Gasteiger charge is -2.10. The Morgan fingerprint density at radius 1 is 1.31 bits per heavy atom. The van der Waals surface area contributed by atoms with Crippen molar-refractivity contribution in [3.8, 4) is 5.75 Å². The highest BCUT2D eigenvalue weighted by atomic mass is 16.5. The molecule has 0 aromatic heterocycles. The van der Waals surface area contributed by atoms with Crippen LogP contribution in [0.2, 0.25) is 0 Å². The topological polar surface area (TPSA) is 33.6 Å². The standard InChI is InChI=1S/C13H16N2O/c1-8-5-10-7-12(13-14-3-4-15-13)16-11(10)6-9(8)2/h5-6,12H,3-4,7H2,1-2H3,(H,14,15). The minimum Gasteiger partial charge on any atom is -0.482 e. The minimum absolute atomic E-state index is 0.110. The molecule has 1 unspecified atom stereocenters. The van der Waals surface area contributed by atoms with E-state index in [1.807, 2.05) is 0 Å². The molecule has 3 heteroatoms. The number of hydrogen-bond donors (Lipinski definition) is 1. The first-order valence-corrected chi connectivity index (χ1v) is 5.79. The second-order valence-electron chi connectivity index (χ2n) is 4.55. The number of nitrogens with zero attached hydrogens (tertiary/aromatic N) is 1. The summed E-state index contributed by atoms with van der Waals surface area (Å²) >= 11 is 0.